The summed E-state index contributed by atoms with van der Waals surface area (Å²) in [7, 11) is 0. The molecule has 0 saturated carbocycles. The molecule has 0 spiro atoms. The number of hydrogen-bond acceptors (Lipinski definition) is 3. The third-order valence-corrected chi connectivity index (χ3v) is 4.16. The molecular formula is C13H14BrFN2S. The maximum absolute atomic E-state index is 13.2. The van der Waals surface area contributed by atoms with Crippen LogP contribution in [-0.2, 0) is 6.54 Å². The van der Waals surface area contributed by atoms with E-state index in [1.165, 1.54) is 12.1 Å². The molecule has 1 aromatic heterocycles. The van der Waals surface area contributed by atoms with E-state index in [1.54, 1.807) is 17.4 Å². The fourth-order valence-electron chi connectivity index (χ4n) is 1.56. The van der Waals surface area contributed by atoms with Crippen molar-refractivity contribution >= 4 is 27.3 Å². The molecule has 1 N–H and O–H groups in total. The Morgan fingerprint density at radius 3 is 3.06 bits per heavy atom. The third-order valence-electron chi connectivity index (χ3n) is 2.44. The normalized spacial score (nSPS) is 10.8. The van der Waals surface area contributed by atoms with E-state index >= 15 is 0 Å². The van der Waals surface area contributed by atoms with Gasteiger partial charge in [0.1, 0.15) is 10.8 Å². The molecule has 0 saturated heterocycles. The van der Waals surface area contributed by atoms with Gasteiger partial charge in [-0.25, -0.2) is 9.37 Å². The highest BCUT2D eigenvalue weighted by Crippen LogP contribution is 2.31. The molecule has 0 aliphatic heterocycles. The quantitative estimate of drug-likeness (QED) is 0.831. The minimum atomic E-state index is -0.242. The number of rotatable bonds is 5. The highest BCUT2D eigenvalue weighted by atomic mass is 79.9. The summed E-state index contributed by atoms with van der Waals surface area (Å²) in [6.07, 6.45) is 2.96. The van der Waals surface area contributed by atoms with Gasteiger partial charge in [0, 0.05) is 27.7 Å². The zero-order valence-electron chi connectivity index (χ0n) is 10.0. The lowest BCUT2D eigenvalue weighted by Gasteiger charge is -2.00. The molecule has 0 bridgehead atoms. The summed E-state index contributed by atoms with van der Waals surface area (Å²) in [5.41, 5.74) is 0.807. The van der Waals surface area contributed by atoms with Crippen LogP contribution in [0.15, 0.2) is 28.9 Å². The van der Waals surface area contributed by atoms with Crippen molar-refractivity contribution in [2.75, 3.05) is 6.54 Å². The fraction of sp³-hybridized carbons (Fsp3) is 0.308. The monoisotopic (exact) mass is 328 g/mol. The molecule has 18 heavy (non-hydrogen) atoms. The average molecular weight is 329 g/mol. The van der Waals surface area contributed by atoms with E-state index in [0.717, 1.165) is 39.4 Å². The van der Waals surface area contributed by atoms with E-state index in [9.17, 15) is 4.39 Å². The zero-order valence-corrected chi connectivity index (χ0v) is 12.4. The predicted molar refractivity (Wildman–Crippen MR) is 77.2 cm³/mol. The van der Waals surface area contributed by atoms with Crippen molar-refractivity contribution in [2.45, 2.75) is 19.9 Å². The van der Waals surface area contributed by atoms with Gasteiger partial charge < -0.3 is 5.32 Å². The minimum Gasteiger partial charge on any atom is -0.312 e. The molecule has 2 nitrogen and oxygen atoms in total. The molecule has 5 heteroatoms. The lowest BCUT2D eigenvalue weighted by molar-refractivity contribution is 0.628. The summed E-state index contributed by atoms with van der Waals surface area (Å²) in [6.45, 7) is 3.95. The van der Waals surface area contributed by atoms with Crippen molar-refractivity contribution in [1.29, 1.82) is 0 Å². The van der Waals surface area contributed by atoms with Crippen LogP contribution in [0.1, 0.15) is 18.2 Å². The Labute approximate surface area is 118 Å². The molecular weight excluding hydrogens is 315 g/mol. The number of nitrogens with zero attached hydrogens (tertiary/aromatic N) is 1. The zero-order chi connectivity index (χ0) is 13.0. The van der Waals surface area contributed by atoms with E-state index in [4.69, 9.17) is 0 Å². The summed E-state index contributed by atoms with van der Waals surface area (Å²) >= 11 is 5.01. The van der Waals surface area contributed by atoms with Crippen molar-refractivity contribution < 1.29 is 4.39 Å². The van der Waals surface area contributed by atoms with Crippen LogP contribution in [0.4, 0.5) is 4.39 Å². The van der Waals surface area contributed by atoms with Crippen molar-refractivity contribution in [1.82, 2.24) is 10.3 Å². The van der Waals surface area contributed by atoms with E-state index < -0.39 is 0 Å². The molecule has 1 aromatic carbocycles. The van der Waals surface area contributed by atoms with Crippen molar-refractivity contribution in [3.8, 4) is 10.6 Å². The fourth-order valence-corrected chi connectivity index (χ4v) is 3.04. The number of benzene rings is 1. The lowest BCUT2D eigenvalue weighted by atomic mass is 10.2. The first-order valence-electron chi connectivity index (χ1n) is 5.81. The Balaban J connectivity index is 2.16. The van der Waals surface area contributed by atoms with Crippen LogP contribution in [-0.4, -0.2) is 11.5 Å². The van der Waals surface area contributed by atoms with Gasteiger partial charge in [-0.1, -0.05) is 22.9 Å². The Bertz CT molecular complexity index is 527. The van der Waals surface area contributed by atoms with E-state index in [-0.39, 0.29) is 5.82 Å². The van der Waals surface area contributed by atoms with Crippen LogP contribution >= 0.6 is 27.3 Å². The van der Waals surface area contributed by atoms with Gasteiger partial charge in [0.25, 0.3) is 0 Å². The van der Waals surface area contributed by atoms with Crippen LogP contribution in [0.25, 0.3) is 10.6 Å². The smallest absolute Gasteiger partial charge is 0.124 e. The first-order chi connectivity index (χ1) is 8.70. The van der Waals surface area contributed by atoms with Gasteiger partial charge in [-0.15, -0.1) is 11.3 Å². The topological polar surface area (TPSA) is 24.9 Å². The summed E-state index contributed by atoms with van der Waals surface area (Å²) < 4.78 is 14.1. The molecule has 0 amide bonds. The van der Waals surface area contributed by atoms with Gasteiger partial charge in [0.05, 0.1) is 0 Å². The maximum Gasteiger partial charge on any atom is 0.124 e. The second-order valence-electron chi connectivity index (χ2n) is 3.93. The van der Waals surface area contributed by atoms with Gasteiger partial charge in [0.15, 0.2) is 0 Å². The van der Waals surface area contributed by atoms with Crippen LogP contribution in [0.5, 0.6) is 0 Å². The molecule has 2 rings (SSSR count). The van der Waals surface area contributed by atoms with E-state index in [2.05, 4.69) is 33.2 Å². The molecule has 0 unspecified atom stereocenters. The molecule has 0 fully saturated rings. The molecule has 0 aliphatic carbocycles. The molecule has 0 aliphatic rings. The number of hydrogen-bond donors (Lipinski definition) is 1. The largest absolute Gasteiger partial charge is 0.312 e. The summed E-state index contributed by atoms with van der Waals surface area (Å²) in [5, 5.41) is 4.17. The number of nitrogens with one attached hydrogen (secondary N) is 1. The average Bonchev–Trinajstić information content (AvgIpc) is 2.81. The minimum absolute atomic E-state index is 0.242. The van der Waals surface area contributed by atoms with Gasteiger partial charge in [0.2, 0.25) is 0 Å². The first kappa shape index (κ1) is 13.6. The lowest BCUT2D eigenvalue weighted by Crippen LogP contribution is -2.12. The number of halogens is 2. The third kappa shape index (κ3) is 3.37. The van der Waals surface area contributed by atoms with Gasteiger partial charge in [-0.2, -0.15) is 0 Å². The van der Waals surface area contributed by atoms with Crippen LogP contribution < -0.4 is 5.32 Å². The van der Waals surface area contributed by atoms with Crippen molar-refractivity contribution in [3.63, 3.8) is 0 Å². The molecule has 0 atom stereocenters. The second kappa shape index (κ2) is 6.41. The van der Waals surface area contributed by atoms with Gasteiger partial charge in [-0.05, 0) is 31.2 Å². The van der Waals surface area contributed by atoms with Crippen molar-refractivity contribution in [3.05, 3.63) is 39.6 Å². The predicted octanol–water partition coefficient (Wildman–Crippen LogP) is 4.21. The maximum atomic E-state index is 13.2. The second-order valence-corrected chi connectivity index (χ2v) is 5.90. The Morgan fingerprint density at radius 2 is 2.28 bits per heavy atom. The van der Waals surface area contributed by atoms with E-state index in [0.29, 0.717) is 0 Å². The first-order valence-corrected chi connectivity index (χ1v) is 7.42. The van der Waals surface area contributed by atoms with Crippen LogP contribution in [0, 0.1) is 5.82 Å². The van der Waals surface area contributed by atoms with Crippen LogP contribution in [0.2, 0.25) is 0 Å². The molecule has 96 valence electrons. The van der Waals surface area contributed by atoms with Gasteiger partial charge >= 0.3 is 0 Å². The van der Waals surface area contributed by atoms with Crippen LogP contribution in [0.3, 0.4) is 0 Å². The molecule has 1 heterocycles. The standard InChI is InChI=1S/C13H14BrFN2S/c1-2-5-16-7-10-8-17-13(18-10)11-6-9(15)3-4-12(11)14/h3-4,6,8,16H,2,5,7H2,1H3. The van der Waals surface area contributed by atoms with Gasteiger partial charge in [-0.3, -0.25) is 0 Å². The van der Waals surface area contributed by atoms with E-state index in [1.807, 2.05) is 6.20 Å². The Morgan fingerprint density at radius 1 is 1.44 bits per heavy atom. The number of aromatic nitrogens is 1. The summed E-state index contributed by atoms with van der Waals surface area (Å²) in [6, 6.07) is 4.65. The highest BCUT2D eigenvalue weighted by Gasteiger charge is 2.09. The van der Waals surface area contributed by atoms with Crippen molar-refractivity contribution in [2.24, 2.45) is 0 Å². The highest BCUT2D eigenvalue weighted by molar-refractivity contribution is 9.10. The SMILES string of the molecule is CCCNCc1cnc(-c2cc(F)ccc2Br)s1. The Hall–Kier alpha value is -0.780. The summed E-state index contributed by atoms with van der Waals surface area (Å²) in [4.78, 5) is 5.51. The Kier molecular flexibility index (Phi) is 4.86. The molecule has 0 radical (unpaired) electrons. The molecule has 2 aromatic rings. The number of thiazole rings is 1. The summed E-state index contributed by atoms with van der Waals surface area (Å²) in [5.74, 6) is -0.242.